The second-order valence-electron chi connectivity index (χ2n) is 6.03. The molecule has 0 fully saturated rings. The van der Waals surface area contributed by atoms with Crippen molar-refractivity contribution in [3.05, 3.63) is 75.8 Å². The summed E-state index contributed by atoms with van der Waals surface area (Å²) in [6.07, 6.45) is 0. The van der Waals surface area contributed by atoms with Crippen molar-refractivity contribution in [2.24, 2.45) is 0 Å². The fraction of sp³-hybridized carbons (Fsp3) is 0.200. The number of anilines is 2. The second-order valence-corrected chi connectivity index (χ2v) is 6.89. The lowest BCUT2D eigenvalue weighted by Gasteiger charge is -2.07. The SMILES string of the molecule is Cc1ccc(Nc2nc(COC(=O)c3cc(C)ccc3C)cs2)cc1. The molecule has 0 saturated heterocycles. The van der Waals surface area contributed by atoms with Crippen molar-refractivity contribution < 1.29 is 9.53 Å². The molecule has 0 aliphatic rings. The molecule has 1 N–H and O–H groups in total. The maximum atomic E-state index is 12.3. The van der Waals surface area contributed by atoms with E-state index < -0.39 is 0 Å². The lowest BCUT2D eigenvalue weighted by Crippen LogP contribution is -2.07. The number of ether oxygens (including phenoxy) is 1. The number of aromatic nitrogens is 1. The number of nitrogens with zero attached hydrogens (tertiary/aromatic N) is 1. The van der Waals surface area contributed by atoms with Gasteiger partial charge in [-0.05, 0) is 44.5 Å². The summed E-state index contributed by atoms with van der Waals surface area (Å²) in [5, 5.41) is 5.93. The Morgan fingerprint density at radius 2 is 1.80 bits per heavy atom. The number of carbonyl (C=O) groups excluding carboxylic acids is 1. The van der Waals surface area contributed by atoms with Gasteiger partial charge < -0.3 is 10.1 Å². The highest BCUT2D eigenvalue weighted by molar-refractivity contribution is 7.13. The van der Waals surface area contributed by atoms with E-state index in [1.165, 1.54) is 16.9 Å². The van der Waals surface area contributed by atoms with E-state index in [-0.39, 0.29) is 12.6 Å². The van der Waals surface area contributed by atoms with Crippen LogP contribution in [0, 0.1) is 20.8 Å². The summed E-state index contributed by atoms with van der Waals surface area (Å²) < 4.78 is 5.41. The molecule has 0 saturated carbocycles. The molecule has 0 bridgehead atoms. The third-order valence-electron chi connectivity index (χ3n) is 3.82. The topological polar surface area (TPSA) is 51.2 Å². The third-order valence-corrected chi connectivity index (χ3v) is 4.63. The molecule has 3 rings (SSSR count). The maximum absolute atomic E-state index is 12.3. The zero-order valence-corrected chi connectivity index (χ0v) is 15.3. The van der Waals surface area contributed by atoms with Gasteiger partial charge in [-0.25, -0.2) is 9.78 Å². The van der Waals surface area contributed by atoms with Crippen LogP contribution < -0.4 is 5.32 Å². The van der Waals surface area contributed by atoms with E-state index in [2.05, 4.69) is 17.2 Å². The quantitative estimate of drug-likeness (QED) is 0.644. The molecule has 0 radical (unpaired) electrons. The van der Waals surface area contributed by atoms with Crippen LogP contribution in [0.4, 0.5) is 10.8 Å². The number of benzene rings is 2. The van der Waals surface area contributed by atoms with E-state index in [0.717, 1.165) is 27.6 Å². The molecular weight excluding hydrogens is 332 g/mol. The fourth-order valence-electron chi connectivity index (χ4n) is 2.36. The van der Waals surface area contributed by atoms with Crippen LogP contribution in [0.15, 0.2) is 47.8 Å². The average molecular weight is 352 g/mol. The molecule has 1 aromatic heterocycles. The molecule has 3 aromatic rings. The highest BCUT2D eigenvalue weighted by atomic mass is 32.1. The van der Waals surface area contributed by atoms with Crippen LogP contribution in [0.1, 0.15) is 32.7 Å². The zero-order valence-electron chi connectivity index (χ0n) is 14.5. The predicted molar refractivity (Wildman–Crippen MR) is 102 cm³/mol. The van der Waals surface area contributed by atoms with E-state index in [4.69, 9.17) is 4.74 Å². The van der Waals surface area contributed by atoms with Gasteiger partial charge in [0.25, 0.3) is 0 Å². The van der Waals surface area contributed by atoms with Crippen molar-refractivity contribution in [2.75, 3.05) is 5.32 Å². The van der Waals surface area contributed by atoms with Crippen LogP contribution in [0.5, 0.6) is 0 Å². The van der Waals surface area contributed by atoms with Gasteiger partial charge in [0.2, 0.25) is 0 Å². The Labute approximate surface area is 151 Å². The van der Waals surface area contributed by atoms with Crippen molar-refractivity contribution >= 4 is 28.1 Å². The van der Waals surface area contributed by atoms with Gasteiger partial charge in [-0.3, -0.25) is 0 Å². The molecule has 128 valence electrons. The monoisotopic (exact) mass is 352 g/mol. The third kappa shape index (κ3) is 4.45. The standard InChI is InChI=1S/C20H20N2O2S/c1-13-5-8-16(9-6-13)21-20-22-17(12-25-20)11-24-19(23)18-10-14(2)4-7-15(18)3/h4-10,12H,11H2,1-3H3,(H,21,22). The van der Waals surface area contributed by atoms with Crippen LogP contribution in [0.3, 0.4) is 0 Å². The largest absolute Gasteiger partial charge is 0.456 e. The second kappa shape index (κ2) is 7.49. The van der Waals surface area contributed by atoms with Crippen molar-refractivity contribution in [2.45, 2.75) is 27.4 Å². The molecule has 25 heavy (non-hydrogen) atoms. The normalized spacial score (nSPS) is 10.5. The molecule has 2 aromatic carbocycles. The number of hydrogen-bond acceptors (Lipinski definition) is 5. The first-order chi connectivity index (χ1) is 12.0. The van der Waals surface area contributed by atoms with Crippen LogP contribution >= 0.6 is 11.3 Å². The molecule has 0 aliphatic carbocycles. The minimum absolute atomic E-state index is 0.165. The number of nitrogens with one attached hydrogen (secondary N) is 1. The van der Waals surface area contributed by atoms with Gasteiger partial charge in [0.15, 0.2) is 5.13 Å². The highest BCUT2D eigenvalue weighted by Gasteiger charge is 2.12. The molecule has 5 heteroatoms. The molecule has 0 atom stereocenters. The number of rotatable bonds is 5. The van der Waals surface area contributed by atoms with Crippen LogP contribution in [0.25, 0.3) is 0 Å². The zero-order chi connectivity index (χ0) is 17.8. The van der Waals surface area contributed by atoms with Crippen LogP contribution in [-0.4, -0.2) is 11.0 Å². The van der Waals surface area contributed by atoms with Crippen molar-refractivity contribution in [3.63, 3.8) is 0 Å². The van der Waals surface area contributed by atoms with Gasteiger partial charge in [-0.1, -0.05) is 35.4 Å². The highest BCUT2D eigenvalue weighted by Crippen LogP contribution is 2.22. The Balaban J connectivity index is 1.60. The number of hydrogen-bond donors (Lipinski definition) is 1. The van der Waals surface area contributed by atoms with E-state index in [1.807, 2.05) is 61.7 Å². The van der Waals surface area contributed by atoms with E-state index >= 15 is 0 Å². The van der Waals surface area contributed by atoms with E-state index in [9.17, 15) is 4.79 Å². The van der Waals surface area contributed by atoms with Crippen molar-refractivity contribution in [3.8, 4) is 0 Å². The first-order valence-corrected chi connectivity index (χ1v) is 8.92. The molecular formula is C20H20N2O2S. The Hall–Kier alpha value is -2.66. The molecule has 0 aliphatic heterocycles. The smallest absolute Gasteiger partial charge is 0.338 e. The summed E-state index contributed by atoms with van der Waals surface area (Å²) >= 11 is 1.49. The predicted octanol–water partition coefficient (Wildman–Crippen LogP) is 5.17. The summed E-state index contributed by atoms with van der Waals surface area (Å²) in [7, 11) is 0. The first kappa shape index (κ1) is 17.2. The molecule has 0 unspecified atom stereocenters. The fourth-order valence-corrected chi connectivity index (χ4v) is 3.08. The lowest BCUT2D eigenvalue weighted by atomic mass is 10.1. The summed E-state index contributed by atoms with van der Waals surface area (Å²) in [4.78, 5) is 16.7. The summed E-state index contributed by atoms with van der Waals surface area (Å²) in [5.74, 6) is -0.317. The minimum atomic E-state index is -0.317. The summed E-state index contributed by atoms with van der Waals surface area (Å²) in [6, 6.07) is 13.9. The Bertz CT molecular complexity index is 885. The molecule has 1 heterocycles. The maximum Gasteiger partial charge on any atom is 0.338 e. The Morgan fingerprint density at radius 3 is 2.56 bits per heavy atom. The van der Waals surface area contributed by atoms with Gasteiger partial charge in [-0.2, -0.15) is 0 Å². The number of carbonyl (C=O) groups is 1. The van der Waals surface area contributed by atoms with Gasteiger partial charge in [-0.15, -0.1) is 11.3 Å². The molecule has 0 amide bonds. The van der Waals surface area contributed by atoms with Gasteiger partial charge in [0.05, 0.1) is 11.3 Å². The number of thiazole rings is 1. The Morgan fingerprint density at radius 1 is 1.08 bits per heavy atom. The van der Waals surface area contributed by atoms with E-state index in [1.54, 1.807) is 0 Å². The minimum Gasteiger partial charge on any atom is -0.456 e. The lowest BCUT2D eigenvalue weighted by molar-refractivity contribution is 0.0467. The average Bonchev–Trinajstić information content (AvgIpc) is 3.04. The van der Waals surface area contributed by atoms with Gasteiger partial charge in [0.1, 0.15) is 6.61 Å². The van der Waals surface area contributed by atoms with Gasteiger partial charge in [0, 0.05) is 11.1 Å². The molecule has 4 nitrogen and oxygen atoms in total. The number of aryl methyl sites for hydroxylation is 3. The Kier molecular flexibility index (Phi) is 5.14. The molecule has 0 spiro atoms. The first-order valence-electron chi connectivity index (χ1n) is 8.04. The summed E-state index contributed by atoms with van der Waals surface area (Å²) in [5.41, 5.74) is 5.49. The van der Waals surface area contributed by atoms with Crippen molar-refractivity contribution in [1.29, 1.82) is 0 Å². The van der Waals surface area contributed by atoms with E-state index in [0.29, 0.717) is 5.56 Å². The van der Waals surface area contributed by atoms with Gasteiger partial charge >= 0.3 is 5.97 Å². The van der Waals surface area contributed by atoms with Crippen LogP contribution in [-0.2, 0) is 11.3 Å². The summed E-state index contributed by atoms with van der Waals surface area (Å²) in [6.45, 7) is 6.08. The van der Waals surface area contributed by atoms with Crippen LogP contribution in [0.2, 0.25) is 0 Å². The number of esters is 1. The van der Waals surface area contributed by atoms with Crippen molar-refractivity contribution in [1.82, 2.24) is 4.98 Å².